The van der Waals surface area contributed by atoms with Gasteiger partial charge in [-0.2, -0.15) is 0 Å². The van der Waals surface area contributed by atoms with Gasteiger partial charge in [0, 0.05) is 10.4 Å². The van der Waals surface area contributed by atoms with E-state index in [9.17, 15) is 10.2 Å². The molecular formula is C26H33ClO2. The number of allylic oxidation sites excluding steroid dienone is 1. The highest BCUT2D eigenvalue weighted by Crippen LogP contribution is 2.65. The molecule has 0 unspecified atom stereocenters. The molecule has 0 bridgehead atoms. The monoisotopic (exact) mass is 412 g/mol. The zero-order chi connectivity index (χ0) is 20.4. The molecule has 0 saturated heterocycles. The Labute approximate surface area is 179 Å². The summed E-state index contributed by atoms with van der Waals surface area (Å²) >= 11 is 6.04. The number of halogens is 1. The van der Waals surface area contributed by atoms with Crippen LogP contribution >= 0.6 is 11.6 Å². The Morgan fingerprint density at radius 1 is 1.00 bits per heavy atom. The van der Waals surface area contributed by atoms with E-state index in [0.717, 1.165) is 49.1 Å². The Morgan fingerprint density at radius 2 is 1.76 bits per heavy atom. The van der Waals surface area contributed by atoms with E-state index >= 15 is 0 Å². The lowest BCUT2D eigenvalue weighted by Gasteiger charge is -2.57. The Kier molecular flexibility index (Phi) is 4.77. The number of fused-ring (bicyclic) bond motifs is 5. The minimum atomic E-state index is -0.351. The van der Waals surface area contributed by atoms with Crippen molar-refractivity contribution in [2.24, 2.45) is 28.6 Å². The van der Waals surface area contributed by atoms with Gasteiger partial charge in [0.2, 0.25) is 0 Å². The molecule has 0 aromatic heterocycles. The van der Waals surface area contributed by atoms with Crippen molar-refractivity contribution in [3.8, 4) is 0 Å². The fourth-order valence-electron chi connectivity index (χ4n) is 7.41. The zero-order valence-electron chi connectivity index (χ0n) is 17.6. The minimum Gasteiger partial charge on any atom is -0.393 e. The number of hydrogen-bond donors (Lipinski definition) is 2. The van der Waals surface area contributed by atoms with Gasteiger partial charge in [-0.25, -0.2) is 0 Å². The van der Waals surface area contributed by atoms with E-state index in [1.54, 1.807) is 0 Å². The first-order chi connectivity index (χ1) is 13.8. The fourth-order valence-corrected chi connectivity index (χ4v) is 7.54. The summed E-state index contributed by atoms with van der Waals surface area (Å²) in [5.74, 6) is 1.87. The van der Waals surface area contributed by atoms with Gasteiger partial charge in [0.25, 0.3) is 0 Å². The molecule has 29 heavy (non-hydrogen) atoms. The zero-order valence-corrected chi connectivity index (χ0v) is 18.3. The standard InChI is InChI=1S/C26H33ClO2/c1-25-11-9-20(28)15-18(25)5-8-21-22(25)10-12-26(2)23(21)14-17(24(26)29)13-16-3-6-19(27)7-4-16/h3-7,13,20-24,28-29H,8-12,14-15H2,1-2H3/b17-13+/t20-,21-,22+,23+,24+,25+,26+/m1/s1. The summed E-state index contributed by atoms with van der Waals surface area (Å²) in [7, 11) is 0. The van der Waals surface area contributed by atoms with Gasteiger partial charge in [-0.05, 0) is 91.4 Å². The smallest absolute Gasteiger partial charge is 0.0809 e. The molecule has 0 amide bonds. The lowest BCUT2D eigenvalue weighted by Crippen LogP contribution is -2.51. The van der Waals surface area contributed by atoms with Crippen molar-refractivity contribution in [3.63, 3.8) is 0 Å². The Morgan fingerprint density at radius 3 is 2.52 bits per heavy atom. The van der Waals surface area contributed by atoms with Crippen molar-refractivity contribution in [1.29, 1.82) is 0 Å². The molecule has 4 aliphatic carbocycles. The number of aliphatic hydroxyl groups excluding tert-OH is 2. The molecule has 0 heterocycles. The molecule has 156 valence electrons. The van der Waals surface area contributed by atoms with Crippen LogP contribution in [0.4, 0.5) is 0 Å². The summed E-state index contributed by atoms with van der Waals surface area (Å²) in [5, 5.41) is 22.3. The van der Waals surface area contributed by atoms with Crippen molar-refractivity contribution in [3.05, 3.63) is 52.1 Å². The van der Waals surface area contributed by atoms with E-state index in [1.807, 2.05) is 24.3 Å². The van der Waals surface area contributed by atoms with Crippen LogP contribution in [0.25, 0.3) is 6.08 Å². The first kappa shape index (κ1) is 19.8. The number of benzene rings is 1. The Balaban J connectivity index is 1.46. The molecule has 2 N–H and O–H groups in total. The summed E-state index contributed by atoms with van der Waals surface area (Å²) < 4.78 is 0. The second-order valence-corrected chi connectivity index (χ2v) is 11.0. The maximum Gasteiger partial charge on any atom is 0.0809 e. The third-order valence-corrected chi connectivity index (χ3v) is 9.42. The minimum absolute atomic E-state index is 0.0185. The second kappa shape index (κ2) is 6.97. The average molecular weight is 413 g/mol. The van der Waals surface area contributed by atoms with Gasteiger partial charge in [0.15, 0.2) is 0 Å². The molecular weight excluding hydrogens is 380 g/mol. The Bertz CT molecular complexity index is 856. The fraction of sp³-hybridized carbons (Fsp3) is 0.615. The molecule has 0 spiro atoms. The predicted molar refractivity (Wildman–Crippen MR) is 119 cm³/mol. The number of hydrogen-bond acceptors (Lipinski definition) is 2. The van der Waals surface area contributed by atoms with Crippen LogP contribution in [-0.2, 0) is 0 Å². The van der Waals surface area contributed by atoms with Gasteiger partial charge in [0.05, 0.1) is 12.2 Å². The van der Waals surface area contributed by atoms with Crippen LogP contribution in [0, 0.1) is 28.6 Å². The SMILES string of the molecule is C[C@]12CC[C@H]3[C@@H](CC=C4C[C@H](O)CC[C@@]43C)[C@@H]1C/C(=C\c1ccc(Cl)cc1)[C@@H]2O. The summed E-state index contributed by atoms with van der Waals surface area (Å²) in [6.45, 7) is 4.79. The van der Waals surface area contributed by atoms with E-state index in [-0.39, 0.29) is 23.0 Å². The molecule has 1 aromatic rings. The van der Waals surface area contributed by atoms with Gasteiger partial charge in [-0.1, -0.05) is 55.3 Å². The van der Waals surface area contributed by atoms with Crippen LogP contribution in [0.15, 0.2) is 41.5 Å². The quantitative estimate of drug-likeness (QED) is 0.554. The second-order valence-electron chi connectivity index (χ2n) is 10.6. The van der Waals surface area contributed by atoms with Crippen molar-refractivity contribution < 1.29 is 10.2 Å². The highest BCUT2D eigenvalue weighted by Gasteiger charge is 2.59. The van der Waals surface area contributed by atoms with Gasteiger partial charge in [0.1, 0.15) is 0 Å². The van der Waals surface area contributed by atoms with E-state index in [2.05, 4.69) is 26.0 Å². The van der Waals surface area contributed by atoms with Gasteiger partial charge >= 0.3 is 0 Å². The van der Waals surface area contributed by atoms with Crippen LogP contribution < -0.4 is 0 Å². The first-order valence-electron chi connectivity index (χ1n) is 11.3. The summed E-state index contributed by atoms with van der Waals surface area (Å²) in [6.07, 6.45) is 11.5. The largest absolute Gasteiger partial charge is 0.393 e. The van der Waals surface area contributed by atoms with Gasteiger partial charge in [-0.15, -0.1) is 0 Å². The van der Waals surface area contributed by atoms with Crippen molar-refractivity contribution in [2.75, 3.05) is 0 Å². The van der Waals surface area contributed by atoms with Crippen molar-refractivity contribution in [2.45, 2.75) is 71.0 Å². The Hall–Kier alpha value is -1.09. The van der Waals surface area contributed by atoms with E-state index < -0.39 is 0 Å². The number of rotatable bonds is 1. The van der Waals surface area contributed by atoms with E-state index in [4.69, 9.17) is 11.6 Å². The molecule has 1 aromatic carbocycles. The lowest BCUT2D eigenvalue weighted by molar-refractivity contribution is -0.0685. The highest BCUT2D eigenvalue weighted by molar-refractivity contribution is 6.30. The van der Waals surface area contributed by atoms with E-state index in [1.165, 1.54) is 17.6 Å². The molecule has 0 aliphatic heterocycles. The molecule has 7 atom stereocenters. The van der Waals surface area contributed by atoms with Crippen LogP contribution in [0.1, 0.15) is 64.4 Å². The molecule has 2 nitrogen and oxygen atoms in total. The predicted octanol–water partition coefficient (Wildman–Crippen LogP) is 6.02. The lowest BCUT2D eigenvalue weighted by atomic mass is 9.48. The van der Waals surface area contributed by atoms with Crippen LogP contribution in [-0.4, -0.2) is 22.4 Å². The maximum atomic E-state index is 11.3. The maximum absolute atomic E-state index is 11.3. The number of aliphatic hydroxyl groups is 2. The highest BCUT2D eigenvalue weighted by atomic mass is 35.5. The van der Waals surface area contributed by atoms with Crippen molar-refractivity contribution >= 4 is 17.7 Å². The van der Waals surface area contributed by atoms with E-state index in [0.29, 0.717) is 17.8 Å². The van der Waals surface area contributed by atoms with Gasteiger partial charge in [-0.3, -0.25) is 0 Å². The third-order valence-electron chi connectivity index (χ3n) is 9.17. The average Bonchev–Trinajstić information content (AvgIpc) is 2.95. The summed E-state index contributed by atoms with van der Waals surface area (Å²) in [6, 6.07) is 7.93. The molecule has 3 fully saturated rings. The molecule has 3 saturated carbocycles. The third kappa shape index (κ3) is 3.06. The van der Waals surface area contributed by atoms with Crippen molar-refractivity contribution in [1.82, 2.24) is 0 Å². The summed E-state index contributed by atoms with van der Waals surface area (Å²) in [4.78, 5) is 0. The van der Waals surface area contributed by atoms with Crippen LogP contribution in [0.2, 0.25) is 5.02 Å². The normalized spacial score (nSPS) is 45.3. The van der Waals surface area contributed by atoms with Crippen LogP contribution in [0.5, 0.6) is 0 Å². The van der Waals surface area contributed by atoms with Crippen LogP contribution in [0.3, 0.4) is 0 Å². The topological polar surface area (TPSA) is 40.5 Å². The molecule has 5 rings (SSSR count). The summed E-state index contributed by atoms with van der Waals surface area (Å²) in [5.41, 5.74) is 4.06. The first-order valence-corrected chi connectivity index (χ1v) is 11.7. The molecule has 4 aliphatic rings. The molecule has 0 radical (unpaired) electrons. The van der Waals surface area contributed by atoms with Gasteiger partial charge < -0.3 is 10.2 Å². The molecule has 3 heteroatoms.